The molecule has 0 aliphatic rings. The van der Waals surface area contributed by atoms with Crippen LogP contribution in [-0.2, 0) is 6.54 Å². The second-order valence-corrected chi connectivity index (χ2v) is 5.41. The van der Waals surface area contributed by atoms with Crippen LogP contribution in [0.2, 0.25) is 0 Å². The van der Waals surface area contributed by atoms with Gasteiger partial charge in [0.1, 0.15) is 0 Å². The van der Waals surface area contributed by atoms with Gasteiger partial charge in [-0.05, 0) is 54.2 Å². The number of hydrogen-bond acceptors (Lipinski definition) is 2. The molecule has 0 atom stereocenters. The maximum Gasteiger partial charge on any atom is 0.171 e. The molecule has 0 spiro atoms. The van der Waals surface area contributed by atoms with E-state index in [1.54, 1.807) is 0 Å². The van der Waals surface area contributed by atoms with Crippen LogP contribution in [0.15, 0.2) is 42.5 Å². The molecule has 0 amide bonds. The third-order valence-corrected chi connectivity index (χ3v) is 3.33. The molecule has 2 aromatic carbocycles. The van der Waals surface area contributed by atoms with Crippen LogP contribution in [0.1, 0.15) is 5.56 Å². The van der Waals surface area contributed by atoms with E-state index in [0.29, 0.717) is 17.2 Å². The Morgan fingerprint density at radius 3 is 2.32 bits per heavy atom. The van der Waals surface area contributed by atoms with Crippen LogP contribution in [0.25, 0.3) is 0 Å². The average molecular weight is 321 g/mol. The van der Waals surface area contributed by atoms with E-state index < -0.39 is 11.6 Å². The highest BCUT2D eigenvalue weighted by Gasteiger charge is 2.03. The van der Waals surface area contributed by atoms with Crippen LogP contribution < -0.4 is 15.5 Å². The van der Waals surface area contributed by atoms with Crippen LogP contribution in [0.5, 0.6) is 0 Å². The van der Waals surface area contributed by atoms with Crippen molar-refractivity contribution >= 4 is 28.7 Å². The maximum atomic E-state index is 13.1. The van der Waals surface area contributed by atoms with Gasteiger partial charge in [-0.2, -0.15) is 0 Å². The number of thiocarbonyl (C=S) groups is 1. The lowest BCUT2D eigenvalue weighted by Gasteiger charge is -2.14. The zero-order valence-electron chi connectivity index (χ0n) is 12.4. The predicted octanol–water partition coefficient (Wildman–Crippen LogP) is 3.52. The molecule has 0 saturated heterocycles. The number of nitrogens with one attached hydrogen (secondary N) is 2. The minimum Gasteiger partial charge on any atom is -0.378 e. The summed E-state index contributed by atoms with van der Waals surface area (Å²) in [6.07, 6.45) is 0. The Labute approximate surface area is 133 Å². The molecule has 0 radical (unpaired) electrons. The number of halogens is 2. The first-order valence-corrected chi connectivity index (χ1v) is 7.12. The number of anilines is 2. The van der Waals surface area contributed by atoms with Crippen molar-refractivity contribution < 1.29 is 8.78 Å². The van der Waals surface area contributed by atoms with Crippen molar-refractivity contribution in [2.24, 2.45) is 0 Å². The molecule has 0 unspecified atom stereocenters. The van der Waals surface area contributed by atoms with Gasteiger partial charge in [-0.3, -0.25) is 0 Å². The normalized spacial score (nSPS) is 10.2. The number of benzene rings is 2. The molecular formula is C16H17F2N3S. The third-order valence-electron chi connectivity index (χ3n) is 3.08. The smallest absolute Gasteiger partial charge is 0.171 e. The second kappa shape index (κ2) is 7.17. The van der Waals surface area contributed by atoms with E-state index in [4.69, 9.17) is 12.2 Å². The van der Waals surface area contributed by atoms with E-state index in [1.807, 2.05) is 43.3 Å². The summed E-state index contributed by atoms with van der Waals surface area (Å²) in [5.41, 5.74) is 2.56. The highest BCUT2D eigenvalue weighted by Crippen LogP contribution is 2.15. The first-order chi connectivity index (χ1) is 10.5. The second-order valence-electron chi connectivity index (χ2n) is 5.00. The van der Waals surface area contributed by atoms with E-state index >= 15 is 0 Å². The Hall–Kier alpha value is -2.21. The Kier molecular flexibility index (Phi) is 5.27. The first kappa shape index (κ1) is 16.2. The van der Waals surface area contributed by atoms with Gasteiger partial charge in [0, 0.05) is 32.0 Å². The van der Waals surface area contributed by atoms with Gasteiger partial charge < -0.3 is 15.5 Å². The lowest BCUT2D eigenvalue weighted by Crippen LogP contribution is -2.27. The number of hydrogen-bond donors (Lipinski definition) is 2. The van der Waals surface area contributed by atoms with Gasteiger partial charge in [0.15, 0.2) is 16.7 Å². The van der Waals surface area contributed by atoms with E-state index in [9.17, 15) is 8.78 Å². The molecule has 0 bridgehead atoms. The summed E-state index contributed by atoms with van der Waals surface area (Å²) in [5.74, 6) is -1.72. The molecule has 0 aliphatic carbocycles. The monoisotopic (exact) mass is 321 g/mol. The van der Waals surface area contributed by atoms with Gasteiger partial charge in [-0.25, -0.2) is 8.78 Å². The molecule has 2 aromatic rings. The van der Waals surface area contributed by atoms with Gasteiger partial charge in [-0.15, -0.1) is 0 Å². The molecule has 0 aliphatic heterocycles. The Bertz CT molecular complexity index is 657. The minimum atomic E-state index is -0.863. The quantitative estimate of drug-likeness (QED) is 0.843. The van der Waals surface area contributed by atoms with Crippen molar-refractivity contribution in [3.63, 3.8) is 0 Å². The minimum absolute atomic E-state index is 0.318. The van der Waals surface area contributed by atoms with Crippen LogP contribution in [0.4, 0.5) is 20.2 Å². The zero-order chi connectivity index (χ0) is 16.1. The van der Waals surface area contributed by atoms with Crippen LogP contribution >= 0.6 is 12.2 Å². The molecule has 0 saturated carbocycles. The van der Waals surface area contributed by atoms with Crippen molar-refractivity contribution in [1.82, 2.24) is 5.32 Å². The van der Waals surface area contributed by atoms with Crippen LogP contribution in [-0.4, -0.2) is 19.2 Å². The molecule has 6 heteroatoms. The number of nitrogens with zero attached hydrogens (tertiary/aromatic N) is 1. The largest absolute Gasteiger partial charge is 0.378 e. The Morgan fingerprint density at radius 2 is 1.73 bits per heavy atom. The fraction of sp³-hybridized carbons (Fsp3) is 0.188. The molecular weight excluding hydrogens is 304 g/mol. The van der Waals surface area contributed by atoms with Crippen molar-refractivity contribution in [2.45, 2.75) is 6.54 Å². The van der Waals surface area contributed by atoms with Crippen molar-refractivity contribution in [1.29, 1.82) is 0 Å². The van der Waals surface area contributed by atoms with E-state index in [0.717, 1.165) is 23.5 Å². The summed E-state index contributed by atoms with van der Waals surface area (Å²) >= 11 is 5.18. The summed E-state index contributed by atoms with van der Waals surface area (Å²) < 4.78 is 25.9. The Balaban J connectivity index is 1.88. The predicted molar refractivity (Wildman–Crippen MR) is 90.2 cm³/mol. The molecule has 22 heavy (non-hydrogen) atoms. The van der Waals surface area contributed by atoms with Crippen molar-refractivity contribution in [2.75, 3.05) is 24.3 Å². The summed E-state index contributed by atoms with van der Waals surface area (Å²) in [6.45, 7) is 0.318. The maximum absolute atomic E-state index is 13.1. The summed E-state index contributed by atoms with van der Waals surface area (Å²) in [6, 6.07) is 11.5. The lowest BCUT2D eigenvalue weighted by molar-refractivity contribution is 0.507. The van der Waals surface area contributed by atoms with Gasteiger partial charge in [-0.1, -0.05) is 6.07 Å². The fourth-order valence-electron chi connectivity index (χ4n) is 1.85. The van der Waals surface area contributed by atoms with Gasteiger partial charge in [0.05, 0.1) is 0 Å². The summed E-state index contributed by atoms with van der Waals surface area (Å²) in [7, 11) is 3.94. The van der Waals surface area contributed by atoms with Crippen LogP contribution in [0, 0.1) is 11.6 Å². The molecule has 2 N–H and O–H groups in total. The van der Waals surface area contributed by atoms with Gasteiger partial charge >= 0.3 is 0 Å². The highest BCUT2D eigenvalue weighted by atomic mass is 32.1. The van der Waals surface area contributed by atoms with E-state index in [1.165, 1.54) is 6.07 Å². The van der Waals surface area contributed by atoms with Crippen molar-refractivity contribution in [3.05, 3.63) is 59.7 Å². The number of rotatable bonds is 4. The molecule has 2 rings (SSSR count). The third kappa shape index (κ3) is 4.39. The lowest BCUT2D eigenvalue weighted by atomic mass is 10.2. The molecule has 0 heterocycles. The SMILES string of the molecule is CN(C)c1ccc(NC(=S)NCc2ccc(F)c(F)c2)cc1. The molecule has 116 valence electrons. The fourth-order valence-corrected chi connectivity index (χ4v) is 2.04. The molecule has 0 fully saturated rings. The van der Waals surface area contributed by atoms with E-state index in [-0.39, 0.29) is 0 Å². The standard InChI is InChI=1S/C16H17F2N3S/c1-21(2)13-6-4-12(5-7-13)20-16(22)19-10-11-3-8-14(17)15(18)9-11/h3-9H,10H2,1-2H3,(H2,19,20,22). The van der Waals surface area contributed by atoms with Crippen LogP contribution in [0.3, 0.4) is 0 Å². The summed E-state index contributed by atoms with van der Waals surface area (Å²) in [5, 5.41) is 6.41. The zero-order valence-corrected chi connectivity index (χ0v) is 13.2. The van der Waals surface area contributed by atoms with Gasteiger partial charge in [0.25, 0.3) is 0 Å². The first-order valence-electron chi connectivity index (χ1n) is 6.72. The molecule has 0 aromatic heterocycles. The molecule has 3 nitrogen and oxygen atoms in total. The van der Waals surface area contributed by atoms with E-state index in [2.05, 4.69) is 10.6 Å². The van der Waals surface area contributed by atoms with Crippen molar-refractivity contribution in [3.8, 4) is 0 Å². The Morgan fingerprint density at radius 1 is 1.05 bits per heavy atom. The topological polar surface area (TPSA) is 27.3 Å². The highest BCUT2D eigenvalue weighted by molar-refractivity contribution is 7.80. The summed E-state index contributed by atoms with van der Waals surface area (Å²) in [4.78, 5) is 2.00. The average Bonchev–Trinajstić information content (AvgIpc) is 2.49. The van der Waals surface area contributed by atoms with Gasteiger partial charge in [0.2, 0.25) is 0 Å².